The van der Waals surface area contributed by atoms with Gasteiger partial charge in [0.05, 0.1) is 10.7 Å². The molecule has 0 saturated heterocycles. The first kappa shape index (κ1) is 13.6. The summed E-state index contributed by atoms with van der Waals surface area (Å²) in [5.41, 5.74) is -0.294. The molecule has 94 valence electrons. The van der Waals surface area contributed by atoms with E-state index in [0.29, 0.717) is 0 Å². The van der Waals surface area contributed by atoms with Gasteiger partial charge in [0.25, 0.3) is 0 Å². The summed E-state index contributed by atoms with van der Waals surface area (Å²) in [5.74, 6) is -0.906. The summed E-state index contributed by atoms with van der Waals surface area (Å²) >= 11 is 5.42. The Labute approximate surface area is 98.8 Å². The molecule has 0 bridgehead atoms. The quantitative estimate of drug-likeness (QED) is 0.796. The van der Waals surface area contributed by atoms with E-state index in [-0.39, 0.29) is 10.7 Å². The number of hydrogen-bond acceptors (Lipinski definition) is 1. The van der Waals surface area contributed by atoms with Crippen molar-refractivity contribution in [2.75, 3.05) is 11.9 Å². The van der Waals surface area contributed by atoms with Gasteiger partial charge in [0.2, 0.25) is 0 Å². The molecule has 0 heterocycles. The average molecular weight is 271 g/mol. The number of hydrogen-bond donors (Lipinski definition) is 2. The maximum absolute atomic E-state index is 13.2. The van der Waals surface area contributed by atoms with Gasteiger partial charge in [-0.1, -0.05) is 17.7 Å². The number of nitrogens with one attached hydrogen (secondary N) is 2. The summed E-state index contributed by atoms with van der Waals surface area (Å²) in [6.45, 7) is -1.50. The molecule has 1 aromatic rings. The summed E-state index contributed by atoms with van der Waals surface area (Å²) in [6, 6.07) is 2.61. The first-order chi connectivity index (χ1) is 7.79. The number of amides is 2. The second-order valence-corrected chi connectivity index (χ2v) is 3.43. The van der Waals surface area contributed by atoms with Crippen molar-refractivity contribution in [2.24, 2.45) is 0 Å². The number of halogens is 5. The molecule has 17 heavy (non-hydrogen) atoms. The van der Waals surface area contributed by atoms with Crippen LogP contribution in [0.1, 0.15) is 0 Å². The summed E-state index contributed by atoms with van der Waals surface area (Å²) in [4.78, 5) is 11.0. The lowest BCUT2D eigenvalue weighted by Crippen LogP contribution is -2.36. The van der Waals surface area contributed by atoms with Crippen molar-refractivity contribution >= 4 is 23.3 Å². The number of rotatable bonds is 2. The molecular formula is C9H7ClF4N2O. The number of benzene rings is 1. The van der Waals surface area contributed by atoms with Gasteiger partial charge in [0.15, 0.2) is 5.82 Å². The van der Waals surface area contributed by atoms with Crippen LogP contribution in [0.15, 0.2) is 18.2 Å². The average Bonchev–Trinajstić information content (AvgIpc) is 2.21. The summed E-state index contributed by atoms with van der Waals surface area (Å²) < 4.78 is 48.5. The van der Waals surface area contributed by atoms with Gasteiger partial charge in [0.1, 0.15) is 6.54 Å². The van der Waals surface area contributed by atoms with Crippen molar-refractivity contribution in [3.05, 3.63) is 29.0 Å². The normalized spacial score (nSPS) is 11.1. The van der Waals surface area contributed by atoms with E-state index < -0.39 is 24.6 Å². The Bertz CT molecular complexity index is 422. The third-order valence-electron chi connectivity index (χ3n) is 1.65. The second-order valence-electron chi connectivity index (χ2n) is 3.02. The molecule has 0 spiro atoms. The number of urea groups is 1. The van der Waals surface area contributed by atoms with E-state index in [1.54, 1.807) is 0 Å². The lowest BCUT2D eigenvalue weighted by atomic mass is 10.3. The maximum atomic E-state index is 13.2. The lowest BCUT2D eigenvalue weighted by Gasteiger charge is -2.10. The van der Waals surface area contributed by atoms with Crippen LogP contribution in [-0.2, 0) is 0 Å². The van der Waals surface area contributed by atoms with Crippen molar-refractivity contribution in [1.29, 1.82) is 0 Å². The molecule has 0 saturated carbocycles. The molecule has 0 atom stereocenters. The molecule has 0 fully saturated rings. The van der Waals surface area contributed by atoms with Gasteiger partial charge in [-0.2, -0.15) is 13.2 Å². The maximum Gasteiger partial charge on any atom is 0.405 e. The Balaban J connectivity index is 2.60. The SMILES string of the molecule is O=C(NCC(F)(F)F)Nc1cccc(Cl)c1F. The lowest BCUT2D eigenvalue weighted by molar-refractivity contribution is -0.122. The zero-order valence-corrected chi connectivity index (χ0v) is 8.99. The summed E-state index contributed by atoms with van der Waals surface area (Å²) in [5, 5.41) is 3.21. The first-order valence-corrected chi connectivity index (χ1v) is 4.73. The van der Waals surface area contributed by atoms with Gasteiger partial charge in [-0.25, -0.2) is 9.18 Å². The van der Waals surface area contributed by atoms with Gasteiger partial charge in [-0.05, 0) is 12.1 Å². The number of carbonyl (C=O) groups is 1. The van der Waals surface area contributed by atoms with Gasteiger partial charge in [0, 0.05) is 0 Å². The topological polar surface area (TPSA) is 41.1 Å². The highest BCUT2D eigenvalue weighted by atomic mass is 35.5. The Kier molecular flexibility index (Phi) is 4.17. The van der Waals surface area contributed by atoms with E-state index in [4.69, 9.17) is 11.6 Å². The Morgan fingerprint density at radius 1 is 1.35 bits per heavy atom. The van der Waals surface area contributed by atoms with Gasteiger partial charge < -0.3 is 10.6 Å². The molecule has 1 aromatic carbocycles. The molecule has 3 nitrogen and oxygen atoms in total. The van der Waals surface area contributed by atoms with Crippen LogP contribution in [0.25, 0.3) is 0 Å². The van der Waals surface area contributed by atoms with Crippen LogP contribution in [0.4, 0.5) is 28.0 Å². The summed E-state index contributed by atoms with van der Waals surface area (Å²) in [7, 11) is 0. The molecule has 2 N–H and O–H groups in total. The van der Waals surface area contributed by atoms with Gasteiger partial charge >= 0.3 is 12.2 Å². The predicted octanol–water partition coefficient (Wildman–Crippen LogP) is 3.16. The van der Waals surface area contributed by atoms with Crippen LogP contribution >= 0.6 is 11.6 Å². The third kappa shape index (κ3) is 4.48. The van der Waals surface area contributed by atoms with E-state index in [1.807, 2.05) is 5.32 Å². The highest BCUT2D eigenvalue weighted by molar-refractivity contribution is 6.31. The molecule has 0 aliphatic rings. The molecule has 1 rings (SSSR count). The fourth-order valence-corrected chi connectivity index (χ4v) is 1.12. The Morgan fingerprint density at radius 2 is 2.00 bits per heavy atom. The molecule has 0 aliphatic heterocycles. The van der Waals surface area contributed by atoms with E-state index >= 15 is 0 Å². The van der Waals surface area contributed by atoms with Crippen LogP contribution in [-0.4, -0.2) is 18.8 Å². The smallest absolute Gasteiger partial charge is 0.329 e. The molecule has 0 aliphatic carbocycles. The fourth-order valence-electron chi connectivity index (χ4n) is 0.947. The highest BCUT2D eigenvalue weighted by Crippen LogP contribution is 2.21. The predicted molar refractivity (Wildman–Crippen MR) is 54.5 cm³/mol. The summed E-state index contributed by atoms with van der Waals surface area (Å²) in [6.07, 6.45) is -4.52. The molecule has 0 radical (unpaired) electrons. The van der Waals surface area contributed by atoms with E-state index in [2.05, 4.69) is 0 Å². The minimum absolute atomic E-state index is 0.237. The third-order valence-corrected chi connectivity index (χ3v) is 1.94. The minimum atomic E-state index is -4.52. The Hall–Kier alpha value is -1.50. The number of alkyl halides is 3. The van der Waals surface area contributed by atoms with Crippen molar-refractivity contribution in [3.63, 3.8) is 0 Å². The second kappa shape index (κ2) is 5.22. The fraction of sp³-hybridized carbons (Fsp3) is 0.222. The molecular weight excluding hydrogens is 264 g/mol. The zero-order chi connectivity index (χ0) is 13.1. The standard InChI is InChI=1S/C9H7ClF4N2O/c10-5-2-1-3-6(7(5)11)16-8(17)15-4-9(12,13)14/h1-3H,4H2,(H2,15,16,17). The van der Waals surface area contributed by atoms with Crippen molar-refractivity contribution in [3.8, 4) is 0 Å². The monoisotopic (exact) mass is 270 g/mol. The van der Waals surface area contributed by atoms with Crippen LogP contribution in [0.5, 0.6) is 0 Å². The number of anilines is 1. The zero-order valence-electron chi connectivity index (χ0n) is 8.24. The van der Waals surface area contributed by atoms with Crippen LogP contribution in [0, 0.1) is 5.82 Å². The van der Waals surface area contributed by atoms with E-state index in [0.717, 1.165) is 0 Å². The van der Waals surface area contributed by atoms with E-state index in [9.17, 15) is 22.4 Å². The first-order valence-electron chi connectivity index (χ1n) is 4.35. The molecule has 0 unspecified atom stereocenters. The van der Waals surface area contributed by atoms with Crippen molar-refractivity contribution < 1.29 is 22.4 Å². The molecule has 2 amide bonds. The van der Waals surface area contributed by atoms with Crippen molar-refractivity contribution in [2.45, 2.75) is 6.18 Å². The Morgan fingerprint density at radius 3 is 2.59 bits per heavy atom. The van der Waals surface area contributed by atoms with Crippen molar-refractivity contribution in [1.82, 2.24) is 5.32 Å². The van der Waals surface area contributed by atoms with E-state index in [1.165, 1.54) is 23.5 Å². The van der Waals surface area contributed by atoms with Crippen LogP contribution in [0.2, 0.25) is 5.02 Å². The van der Waals surface area contributed by atoms with Gasteiger partial charge in [-0.3, -0.25) is 0 Å². The van der Waals surface area contributed by atoms with Crippen LogP contribution < -0.4 is 10.6 Å². The highest BCUT2D eigenvalue weighted by Gasteiger charge is 2.27. The number of carbonyl (C=O) groups excluding carboxylic acids is 1. The minimum Gasteiger partial charge on any atom is -0.329 e. The largest absolute Gasteiger partial charge is 0.405 e. The van der Waals surface area contributed by atoms with Gasteiger partial charge in [-0.15, -0.1) is 0 Å². The van der Waals surface area contributed by atoms with Crippen LogP contribution in [0.3, 0.4) is 0 Å². The molecule has 8 heteroatoms. The molecule has 0 aromatic heterocycles.